The molecule has 0 unspecified atom stereocenters. The standard InChI is InChI=1S/C26H35BrN2O3/c1-6-7-15-28-25(31)19(2)29(17-20-11-9-8-10-12-20)24(30)18-32-23-14-13-21(16-22(23)27)26(3,4)5/h8-14,16,19H,6-7,15,17-18H2,1-5H3,(H,28,31)/t19-/m1/s1. The molecule has 0 fully saturated rings. The molecule has 0 aliphatic heterocycles. The summed E-state index contributed by atoms with van der Waals surface area (Å²) in [6.45, 7) is 11.1. The van der Waals surface area contributed by atoms with Crippen molar-refractivity contribution in [3.8, 4) is 5.75 Å². The molecule has 0 spiro atoms. The number of hydrogen-bond acceptors (Lipinski definition) is 3. The van der Waals surface area contributed by atoms with E-state index in [-0.39, 0.29) is 23.8 Å². The van der Waals surface area contributed by atoms with Crippen LogP contribution >= 0.6 is 15.9 Å². The smallest absolute Gasteiger partial charge is 0.261 e. The number of rotatable bonds is 10. The topological polar surface area (TPSA) is 58.6 Å². The van der Waals surface area contributed by atoms with Crippen LogP contribution in [0, 0.1) is 0 Å². The van der Waals surface area contributed by atoms with Gasteiger partial charge in [0.15, 0.2) is 6.61 Å². The number of ether oxygens (including phenoxy) is 1. The lowest BCUT2D eigenvalue weighted by Gasteiger charge is -2.29. The van der Waals surface area contributed by atoms with Gasteiger partial charge in [0.05, 0.1) is 4.47 Å². The maximum Gasteiger partial charge on any atom is 0.261 e. The number of unbranched alkanes of at least 4 members (excludes halogenated alkanes) is 1. The molecule has 0 aromatic heterocycles. The molecule has 0 bridgehead atoms. The molecule has 2 rings (SSSR count). The van der Waals surface area contributed by atoms with E-state index < -0.39 is 6.04 Å². The van der Waals surface area contributed by atoms with Crippen LogP contribution in [0.25, 0.3) is 0 Å². The molecule has 2 aromatic carbocycles. The van der Waals surface area contributed by atoms with Crippen molar-refractivity contribution in [1.29, 1.82) is 0 Å². The van der Waals surface area contributed by atoms with E-state index in [0.717, 1.165) is 22.9 Å². The summed E-state index contributed by atoms with van der Waals surface area (Å²) in [5, 5.41) is 2.93. The summed E-state index contributed by atoms with van der Waals surface area (Å²) in [6.07, 6.45) is 1.91. The first-order valence-electron chi connectivity index (χ1n) is 11.2. The molecule has 0 aliphatic rings. The Hall–Kier alpha value is -2.34. The molecule has 6 heteroatoms. The molecule has 0 heterocycles. The Morgan fingerprint density at radius 1 is 1.12 bits per heavy atom. The lowest BCUT2D eigenvalue weighted by atomic mass is 9.87. The Kier molecular flexibility index (Phi) is 9.76. The number of nitrogens with one attached hydrogen (secondary N) is 1. The SMILES string of the molecule is CCCCNC(=O)[C@@H](C)N(Cc1ccccc1)C(=O)COc1ccc(C(C)(C)C)cc1Br. The zero-order valence-corrected chi connectivity index (χ0v) is 21.4. The first-order valence-corrected chi connectivity index (χ1v) is 12.0. The summed E-state index contributed by atoms with van der Waals surface area (Å²) in [4.78, 5) is 27.4. The molecule has 5 nitrogen and oxygen atoms in total. The minimum atomic E-state index is -0.602. The summed E-state index contributed by atoms with van der Waals surface area (Å²) in [5.74, 6) is 0.211. The Bertz CT molecular complexity index is 894. The van der Waals surface area contributed by atoms with E-state index in [4.69, 9.17) is 4.74 Å². The quantitative estimate of drug-likeness (QED) is 0.438. The largest absolute Gasteiger partial charge is 0.483 e. The molecular weight excluding hydrogens is 468 g/mol. The van der Waals surface area contributed by atoms with E-state index >= 15 is 0 Å². The fourth-order valence-electron chi connectivity index (χ4n) is 3.21. The van der Waals surface area contributed by atoms with Gasteiger partial charge < -0.3 is 15.0 Å². The van der Waals surface area contributed by atoms with Gasteiger partial charge in [0.25, 0.3) is 5.91 Å². The molecule has 0 aliphatic carbocycles. The zero-order valence-electron chi connectivity index (χ0n) is 19.8. The van der Waals surface area contributed by atoms with Crippen molar-refractivity contribution in [2.24, 2.45) is 0 Å². The Labute approximate surface area is 200 Å². The number of benzene rings is 2. The molecule has 2 aromatic rings. The number of carbonyl (C=O) groups is 2. The molecule has 1 N–H and O–H groups in total. The highest BCUT2D eigenvalue weighted by Crippen LogP contribution is 2.31. The Morgan fingerprint density at radius 2 is 1.81 bits per heavy atom. The van der Waals surface area contributed by atoms with Gasteiger partial charge in [-0.05, 0) is 57.9 Å². The predicted molar refractivity (Wildman–Crippen MR) is 133 cm³/mol. The van der Waals surface area contributed by atoms with E-state index in [9.17, 15) is 9.59 Å². The lowest BCUT2D eigenvalue weighted by Crippen LogP contribution is -2.49. The second-order valence-electron chi connectivity index (χ2n) is 9.01. The second-order valence-corrected chi connectivity index (χ2v) is 9.87. The van der Waals surface area contributed by atoms with Gasteiger partial charge in [-0.15, -0.1) is 0 Å². The first kappa shape index (κ1) is 25.9. The van der Waals surface area contributed by atoms with Crippen molar-refractivity contribution < 1.29 is 14.3 Å². The minimum absolute atomic E-state index is 0.0178. The highest BCUT2D eigenvalue weighted by Gasteiger charge is 2.26. The maximum absolute atomic E-state index is 13.1. The predicted octanol–water partition coefficient (Wildman–Crippen LogP) is 5.46. The average molecular weight is 503 g/mol. The fraction of sp³-hybridized carbons (Fsp3) is 0.462. The summed E-state index contributed by atoms with van der Waals surface area (Å²) in [6, 6.07) is 15.0. The summed E-state index contributed by atoms with van der Waals surface area (Å²) in [7, 11) is 0. The third-order valence-corrected chi connectivity index (χ3v) is 5.96. The van der Waals surface area contributed by atoms with Crippen molar-refractivity contribution in [1.82, 2.24) is 10.2 Å². The van der Waals surface area contributed by atoms with Crippen LogP contribution in [0.15, 0.2) is 53.0 Å². The van der Waals surface area contributed by atoms with E-state index in [2.05, 4.69) is 48.9 Å². The summed E-state index contributed by atoms with van der Waals surface area (Å²) < 4.78 is 6.65. The van der Waals surface area contributed by atoms with Crippen molar-refractivity contribution in [2.45, 2.75) is 65.5 Å². The second kappa shape index (κ2) is 12.0. The third kappa shape index (κ3) is 7.66. The zero-order chi connectivity index (χ0) is 23.7. The van der Waals surface area contributed by atoms with Gasteiger partial charge in [-0.2, -0.15) is 0 Å². The van der Waals surface area contributed by atoms with Crippen molar-refractivity contribution in [3.05, 3.63) is 64.1 Å². The lowest BCUT2D eigenvalue weighted by molar-refractivity contribution is -0.142. The maximum atomic E-state index is 13.1. The van der Waals surface area contributed by atoms with E-state index in [1.807, 2.05) is 48.5 Å². The number of carbonyl (C=O) groups excluding carboxylic acids is 2. The van der Waals surface area contributed by atoms with Gasteiger partial charge in [0, 0.05) is 13.1 Å². The molecule has 0 saturated heterocycles. The molecule has 32 heavy (non-hydrogen) atoms. The monoisotopic (exact) mass is 502 g/mol. The normalized spacial score (nSPS) is 12.2. The van der Waals surface area contributed by atoms with Crippen LogP contribution in [-0.2, 0) is 21.5 Å². The molecule has 0 radical (unpaired) electrons. The van der Waals surface area contributed by atoms with Crippen LogP contribution in [0.4, 0.5) is 0 Å². The minimum Gasteiger partial charge on any atom is -0.483 e. The fourth-order valence-corrected chi connectivity index (χ4v) is 3.70. The number of hydrogen-bond donors (Lipinski definition) is 1. The highest BCUT2D eigenvalue weighted by atomic mass is 79.9. The van der Waals surface area contributed by atoms with E-state index in [1.165, 1.54) is 5.56 Å². The highest BCUT2D eigenvalue weighted by molar-refractivity contribution is 9.10. The van der Waals surface area contributed by atoms with Gasteiger partial charge in [-0.1, -0.05) is 70.5 Å². The molecule has 0 saturated carbocycles. The van der Waals surface area contributed by atoms with Crippen molar-refractivity contribution in [3.63, 3.8) is 0 Å². The van der Waals surface area contributed by atoms with Crippen LogP contribution in [0.2, 0.25) is 0 Å². The average Bonchev–Trinajstić information content (AvgIpc) is 2.76. The van der Waals surface area contributed by atoms with Crippen molar-refractivity contribution >= 4 is 27.7 Å². The number of amides is 2. The molecule has 174 valence electrons. The molecule has 1 atom stereocenters. The van der Waals surface area contributed by atoms with Crippen LogP contribution in [-0.4, -0.2) is 35.9 Å². The van der Waals surface area contributed by atoms with Gasteiger partial charge in [-0.3, -0.25) is 9.59 Å². The van der Waals surface area contributed by atoms with Crippen LogP contribution in [0.3, 0.4) is 0 Å². The van der Waals surface area contributed by atoms with Gasteiger partial charge >= 0.3 is 0 Å². The summed E-state index contributed by atoms with van der Waals surface area (Å²) in [5.41, 5.74) is 2.15. The third-order valence-electron chi connectivity index (χ3n) is 5.34. The van der Waals surface area contributed by atoms with Gasteiger partial charge in [-0.25, -0.2) is 0 Å². The number of nitrogens with zero attached hydrogens (tertiary/aromatic N) is 1. The van der Waals surface area contributed by atoms with Crippen molar-refractivity contribution in [2.75, 3.05) is 13.2 Å². The van der Waals surface area contributed by atoms with E-state index in [1.54, 1.807) is 11.8 Å². The molecular formula is C26H35BrN2O3. The number of halogens is 1. The molecule has 2 amide bonds. The van der Waals surface area contributed by atoms with Crippen LogP contribution in [0.5, 0.6) is 5.75 Å². The van der Waals surface area contributed by atoms with Crippen LogP contribution in [0.1, 0.15) is 58.6 Å². The Balaban J connectivity index is 2.12. The van der Waals surface area contributed by atoms with Gasteiger partial charge in [0.2, 0.25) is 5.91 Å². The Morgan fingerprint density at radius 3 is 2.41 bits per heavy atom. The first-order chi connectivity index (χ1) is 15.1. The van der Waals surface area contributed by atoms with Crippen LogP contribution < -0.4 is 10.1 Å². The summed E-state index contributed by atoms with van der Waals surface area (Å²) >= 11 is 3.55. The van der Waals surface area contributed by atoms with Gasteiger partial charge in [0.1, 0.15) is 11.8 Å². The van der Waals surface area contributed by atoms with E-state index in [0.29, 0.717) is 18.8 Å².